The molecule has 1 saturated carbocycles. The lowest BCUT2D eigenvalue weighted by Gasteiger charge is -2.44. The largest absolute Gasteiger partial charge is 0.389 e. The van der Waals surface area contributed by atoms with E-state index in [2.05, 4.69) is 9.88 Å². The first-order valence-electron chi connectivity index (χ1n) is 8.08. The summed E-state index contributed by atoms with van der Waals surface area (Å²) < 4.78 is 0. The number of nitrogens with zero attached hydrogens (tertiary/aromatic N) is 2. The van der Waals surface area contributed by atoms with Gasteiger partial charge in [0.2, 0.25) is 0 Å². The average molecular weight is 274 g/mol. The Morgan fingerprint density at radius 3 is 2.50 bits per heavy atom. The molecule has 3 nitrogen and oxygen atoms in total. The number of hydrogen-bond acceptors (Lipinski definition) is 3. The smallest absolute Gasteiger partial charge is 0.128 e. The molecule has 1 aliphatic heterocycles. The molecule has 1 atom stereocenters. The van der Waals surface area contributed by atoms with E-state index in [4.69, 9.17) is 0 Å². The van der Waals surface area contributed by atoms with Crippen LogP contribution in [0.15, 0.2) is 18.3 Å². The second kappa shape index (κ2) is 5.72. The molecule has 0 unspecified atom stereocenters. The lowest BCUT2D eigenvalue weighted by Crippen LogP contribution is -2.41. The fraction of sp³-hybridized carbons (Fsp3) is 0.706. The predicted molar refractivity (Wildman–Crippen MR) is 81.8 cm³/mol. The summed E-state index contributed by atoms with van der Waals surface area (Å²) in [6.07, 6.45) is 11.2. The maximum Gasteiger partial charge on any atom is 0.128 e. The number of piperidine rings is 1. The van der Waals surface area contributed by atoms with E-state index < -0.39 is 6.10 Å². The summed E-state index contributed by atoms with van der Waals surface area (Å²) in [6.45, 7) is 4.05. The number of aromatic nitrogens is 1. The molecule has 2 fully saturated rings. The Balaban J connectivity index is 1.67. The van der Waals surface area contributed by atoms with E-state index in [1.165, 1.54) is 44.9 Å². The Bertz CT molecular complexity index is 442. The van der Waals surface area contributed by atoms with Crippen molar-refractivity contribution in [3.8, 4) is 0 Å². The van der Waals surface area contributed by atoms with Gasteiger partial charge >= 0.3 is 0 Å². The maximum absolute atomic E-state index is 9.70. The van der Waals surface area contributed by atoms with Crippen LogP contribution in [0.5, 0.6) is 0 Å². The zero-order valence-corrected chi connectivity index (χ0v) is 12.5. The van der Waals surface area contributed by atoms with Crippen molar-refractivity contribution >= 4 is 5.82 Å². The molecule has 0 aromatic carbocycles. The Labute approximate surface area is 122 Å². The molecule has 0 amide bonds. The van der Waals surface area contributed by atoms with E-state index in [1.54, 1.807) is 0 Å². The topological polar surface area (TPSA) is 36.4 Å². The van der Waals surface area contributed by atoms with Crippen LogP contribution in [0.2, 0.25) is 0 Å². The van der Waals surface area contributed by atoms with Gasteiger partial charge in [-0.15, -0.1) is 0 Å². The summed E-state index contributed by atoms with van der Waals surface area (Å²) in [6, 6.07) is 3.95. The Kier molecular flexibility index (Phi) is 3.97. The molecule has 1 saturated heterocycles. The summed E-state index contributed by atoms with van der Waals surface area (Å²) in [4.78, 5) is 6.89. The highest BCUT2D eigenvalue weighted by Crippen LogP contribution is 2.44. The van der Waals surface area contributed by atoms with Crippen LogP contribution < -0.4 is 4.90 Å². The summed E-state index contributed by atoms with van der Waals surface area (Å²) >= 11 is 0. The molecule has 1 aliphatic carbocycles. The first-order valence-corrected chi connectivity index (χ1v) is 8.08. The number of aliphatic hydroxyl groups excluding tert-OH is 1. The van der Waals surface area contributed by atoms with Gasteiger partial charge in [0, 0.05) is 19.3 Å². The van der Waals surface area contributed by atoms with Gasteiger partial charge in [-0.2, -0.15) is 0 Å². The van der Waals surface area contributed by atoms with E-state index >= 15 is 0 Å². The van der Waals surface area contributed by atoms with Gasteiger partial charge in [-0.1, -0.05) is 19.3 Å². The third kappa shape index (κ3) is 2.83. The van der Waals surface area contributed by atoms with Crippen LogP contribution in [0.25, 0.3) is 0 Å². The molecule has 3 rings (SSSR count). The van der Waals surface area contributed by atoms with Crippen molar-refractivity contribution in [3.05, 3.63) is 23.9 Å². The molecule has 1 aromatic heterocycles. The molecular formula is C17H26N2O. The first kappa shape index (κ1) is 13.9. The lowest BCUT2D eigenvalue weighted by molar-refractivity contribution is 0.144. The summed E-state index contributed by atoms with van der Waals surface area (Å²) in [7, 11) is 0. The van der Waals surface area contributed by atoms with E-state index in [0.29, 0.717) is 5.41 Å². The van der Waals surface area contributed by atoms with Crippen molar-refractivity contribution in [1.29, 1.82) is 0 Å². The molecule has 0 bridgehead atoms. The number of anilines is 1. The van der Waals surface area contributed by atoms with Crippen LogP contribution in [0.1, 0.15) is 63.5 Å². The molecule has 1 aromatic rings. The number of hydrogen-bond donors (Lipinski definition) is 1. The minimum absolute atomic E-state index is 0.411. The van der Waals surface area contributed by atoms with Crippen molar-refractivity contribution in [1.82, 2.24) is 4.98 Å². The van der Waals surface area contributed by atoms with Crippen LogP contribution in [-0.4, -0.2) is 23.2 Å². The molecule has 3 heteroatoms. The van der Waals surface area contributed by atoms with Crippen molar-refractivity contribution in [2.75, 3.05) is 18.0 Å². The van der Waals surface area contributed by atoms with E-state index in [1.807, 2.05) is 25.3 Å². The highest BCUT2D eigenvalue weighted by Gasteiger charge is 2.35. The van der Waals surface area contributed by atoms with E-state index in [-0.39, 0.29) is 0 Å². The molecule has 0 radical (unpaired) electrons. The standard InChI is InChI=1S/C17H26N2O/c1-14(20)15-5-10-18-16(13-15)19-11-8-17(9-12-19)6-3-2-4-7-17/h5,10,13-14,20H,2-4,6-9,11-12H2,1H3/t14-/m1/s1. The zero-order valence-electron chi connectivity index (χ0n) is 12.5. The van der Waals surface area contributed by atoms with Crippen LogP contribution in [0.3, 0.4) is 0 Å². The minimum atomic E-state index is -0.411. The minimum Gasteiger partial charge on any atom is -0.389 e. The molecule has 1 spiro atoms. The highest BCUT2D eigenvalue weighted by atomic mass is 16.3. The molecular weight excluding hydrogens is 248 g/mol. The SMILES string of the molecule is C[C@@H](O)c1ccnc(N2CCC3(CCCCC3)CC2)c1. The molecule has 2 aliphatic rings. The van der Waals surface area contributed by atoms with Crippen molar-refractivity contribution in [3.63, 3.8) is 0 Å². The Hall–Kier alpha value is -1.09. The molecule has 2 heterocycles. The number of rotatable bonds is 2. The van der Waals surface area contributed by atoms with Gasteiger partial charge in [-0.05, 0) is 55.7 Å². The van der Waals surface area contributed by atoms with Crippen LogP contribution in [0, 0.1) is 5.41 Å². The van der Waals surface area contributed by atoms with Gasteiger partial charge in [0.15, 0.2) is 0 Å². The lowest BCUT2D eigenvalue weighted by atomic mass is 9.68. The monoisotopic (exact) mass is 274 g/mol. The molecule has 110 valence electrons. The third-order valence-corrected chi connectivity index (χ3v) is 5.31. The Morgan fingerprint density at radius 2 is 1.85 bits per heavy atom. The fourth-order valence-electron chi connectivity index (χ4n) is 3.88. The summed E-state index contributed by atoms with van der Waals surface area (Å²) in [5, 5.41) is 9.70. The molecule has 1 N–H and O–H groups in total. The van der Waals surface area contributed by atoms with Gasteiger partial charge < -0.3 is 10.0 Å². The normalized spacial score (nSPS) is 23.8. The van der Waals surface area contributed by atoms with Crippen LogP contribution >= 0.6 is 0 Å². The highest BCUT2D eigenvalue weighted by molar-refractivity contribution is 5.42. The van der Waals surface area contributed by atoms with Crippen LogP contribution in [-0.2, 0) is 0 Å². The molecule has 20 heavy (non-hydrogen) atoms. The van der Waals surface area contributed by atoms with Crippen LogP contribution in [0.4, 0.5) is 5.82 Å². The Morgan fingerprint density at radius 1 is 1.15 bits per heavy atom. The van der Waals surface area contributed by atoms with E-state index in [9.17, 15) is 5.11 Å². The number of aliphatic hydroxyl groups is 1. The average Bonchev–Trinajstić information content (AvgIpc) is 2.49. The predicted octanol–water partition coefficient (Wildman–Crippen LogP) is 3.69. The van der Waals surface area contributed by atoms with Gasteiger partial charge in [0.1, 0.15) is 5.82 Å². The quantitative estimate of drug-likeness (QED) is 0.893. The third-order valence-electron chi connectivity index (χ3n) is 5.31. The fourth-order valence-corrected chi connectivity index (χ4v) is 3.88. The number of pyridine rings is 1. The second-order valence-electron chi connectivity index (χ2n) is 6.67. The first-order chi connectivity index (χ1) is 9.69. The van der Waals surface area contributed by atoms with Gasteiger partial charge in [0.25, 0.3) is 0 Å². The van der Waals surface area contributed by atoms with E-state index in [0.717, 1.165) is 24.5 Å². The van der Waals surface area contributed by atoms with Crippen molar-refractivity contribution in [2.24, 2.45) is 5.41 Å². The summed E-state index contributed by atoms with van der Waals surface area (Å²) in [5.41, 5.74) is 1.60. The maximum atomic E-state index is 9.70. The second-order valence-corrected chi connectivity index (χ2v) is 6.67. The van der Waals surface area contributed by atoms with Gasteiger partial charge in [0.05, 0.1) is 6.10 Å². The summed E-state index contributed by atoms with van der Waals surface area (Å²) in [5.74, 6) is 1.04. The van der Waals surface area contributed by atoms with Gasteiger partial charge in [-0.25, -0.2) is 4.98 Å². The van der Waals surface area contributed by atoms with Crippen molar-refractivity contribution < 1.29 is 5.11 Å². The zero-order chi connectivity index (χ0) is 14.0. The van der Waals surface area contributed by atoms with Gasteiger partial charge in [-0.3, -0.25) is 0 Å². The van der Waals surface area contributed by atoms with Crippen molar-refractivity contribution in [2.45, 2.75) is 58.0 Å².